The Bertz CT molecular complexity index is 61.9. The van der Waals surface area contributed by atoms with Crippen molar-refractivity contribution in [2.24, 2.45) is 0 Å². The van der Waals surface area contributed by atoms with Gasteiger partial charge >= 0.3 is 45.6 Å². The van der Waals surface area contributed by atoms with Gasteiger partial charge in [-0.1, -0.05) is 0 Å². The quantitative estimate of drug-likeness (QED) is 0.272. The average molecular weight is 176 g/mol. The zero-order valence-corrected chi connectivity index (χ0v) is 7.01. The van der Waals surface area contributed by atoms with Gasteiger partial charge in [0.15, 0.2) is 0 Å². The molecule has 0 aromatic heterocycles. The monoisotopic (exact) mass is 176 g/mol. The molecule has 0 aliphatic rings. The Labute approximate surface area is 78.4 Å². The third-order valence-corrected chi connectivity index (χ3v) is 0. The Hall–Kier alpha value is 1.29. The van der Waals surface area contributed by atoms with Gasteiger partial charge in [0.25, 0.3) is 0 Å². The van der Waals surface area contributed by atoms with E-state index >= 15 is 0 Å². The second-order valence-corrected chi connectivity index (χ2v) is 1.54. The smallest absolute Gasteiger partial charge is 1.00 e. The second kappa shape index (κ2) is 8.29. The van der Waals surface area contributed by atoms with Gasteiger partial charge in [0.05, 0.1) is 0 Å². The number of phosphoric acid groups is 1. The molecule has 0 saturated heterocycles. The molecular formula is H9CaO6P. The Kier molecular flexibility index (Phi) is 23.6. The van der Waals surface area contributed by atoms with Crippen LogP contribution < -0.4 is 0 Å². The molecule has 6 nitrogen and oxygen atoms in total. The van der Waals surface area contributed by atoms with Crippen molar-refractivity contribution < 1.29 is 33.1 Å². The molecule has 0 unspecified atom stereocenters. The van der Waals surface area contributed by atoms with Crippen LogP contribution in [-0.2, 0) is 4.57 Å². The molecule has 0 heterocycles. The van der Waals surface area contributed by atoms with Crippen molar-refractivity contribution in [2.75, 3.05) is 0 Å². The van der Waals surface area contributed by atoms with Gasteiger partial charge in [0, 0.05) is 0 Å². The molecule has 0 aromatic rings. The van der Waals surface area contributed by atoms with E-state index < -0.39 is 7.82 Å². The molecule has 8 heavy (non-hydrogen) atoms. The molecule has 0 aliphatic heterocycles. The van der Waals surface area contributed by atoms with Crippen molar-refractivity contribution >= 4 is 45.6 Å². The predicted molar refractivity (Wildman–Crippen MR) is 29.5 cm³/mol. The Morgan fingerprint density at radius 1 is 1.12 bits per heavy atom. The van der Waals surface area contributed by atoms with Crippen molar-refractivity contribution in [1.29, 1.82) is 0 Å². The molecule has 0 aromatic carbocycles. The molecule has 0 atom stereocenters. The molecule has 0 spiro atoms. The zero-order chi connectivity index (χ0) is 4.50. The summed E-state index contributed by atoms with van der Waals surface area (Å²) in [5, 5.41) is 0. The summed E-state index contributed by atoms with van der Waals surface area (Å²) < 4.78 is 8.88. The van der Waals surface area contributed by atoms with Crippen LogP contribution in [0.4, 0.5) is 0 Å². The first-order valence-corrected chi connectivity index (χ1v) is 2.35. The van der Waals surface area contributed by atoms with E-state index in [1.54, 1.807) is 0 Å². The van der Waals surface area contributed by atoms with E-state index in [-0.39, 0.29) is 51.5 Å². The van der Waals surface area contributed by atoms with Gasteiger partial charge in [-0.25, -0.2) is 4.57 Å². The summed E-state index contributed by atoms with van der Waals surface area (Å²) >= 11 is 0. The molecule has 0 radical (unpaired) electrons. The Morgan fingerprint density at radius 3 is 1.12 bits per heavy atom. The van der Waals surface area contributed by atoms with Crippen molar-refractivity contribution in [1.82, 2.24) is 0 Å². The first kappa shape index (κ1) is 22.8. The topological polar surface area (TPSA) is 141 Å². The third kappa shape index (κ3) is 173. The number of rotatable bonds is 0. The maximum atomic E-state index is 8.88. The maximum Gasteiger partial charge on any atom is 2.00 e. The molecule has 0 fully saturated rings. The van der Waals surface area contributed by atoms with Crippen LogP contribution in [0.1, 0.15) is 2.85 Å². The van der Waals surface area contributed by atoms with Gasteiger partial charge in [-0.3, -0.25) is 0 Å². The Balaban J connectivity index is -0.00000000800. The van der Waals surface area contributed by atoms with Crippen LogP contribution >= 0.6 is 7.82 Å². The molecule has 0 rings (SSSR count). The number of hydrogen-bond acceptors (Lipinski definition) is 1. The van der Waals surface area contributed by atoms with Crippen molar-refractivity contribution in [2.45, 2.75) is 0 Å². The molecule has 52 valence electrons. The summed E-state index contributed by atoms with van der Waals surface area (Å²) in [5.74, 6) is 0. The minimum absolute atomic E-state index is 0. The number of hydrogen-bond donors (Lipinski definition) is 3. The first-order chi connectivity index (χ1) is 2.00. The fourth-order valence-electron chi connectivity index (χ4n) is 0. The fourth-order valence-corrected chi connectivity index (χ4v) is 0. The van der Waals surface area contributed by atoms with E-state index in [4.69, 9.17) is 19.2 Å². The molecule has 0 amide bonds. The minimum atomic E-state index is -4.64. The van der Waals surface area contributed by atoms with E-state index in [1.165, 1.54) is 0 Å². The van der Waals surface area contributed by atoms with E-state index in [0.717, 1.165) is 0 Å². The molecular weight excluding hydrogens is 167 g/mol. The van der Waals surface area contributed by atoms with Crippen LogP contribution in [-0.4, -0.2) is 63.4 Å². The van der Waals surface area contributed by atoms with Crippen LogP contribution in [0.3, 0.4) is 0 Å². The maximum absolute atomic E-state index is 8.88. The fraction of sp³-hybridized carbons (Fsp3) is 0. The minimum Gasteiger partial charge on any atom is -1.00 e. The van der Waals surface area contributed by atoms with Gasteiger partial charge in [0.1, 0.15) is 0 Å². The largest absolute Gasteiger partial charge is 2.00 e. The molecule has 8 heteroatoms. The predicted octanol–water partition coefficient (Wildman–Crippen LogP) is -2.73. The zero-order valence-electron chi connectivity index (χ0n) is 5.90. The van der Waals surface area contributed by atoms with Gasteiger partial charge in [-0.15, -0.1) is 0 Å². The van der Waals surface area contributed by atoms with Crippen LogP contribution in [0.15, 0.2) is 0 Å². The van der Waals surface area contributed by atoms with E-state index in [0.29, 0.717) is 0 Å². The van der Waals surface area contributed by atoms with E-state index in [1.807, 2.05) is 0 Å². The van der Waals surface area contributed by atoms with Crippen LogP contribution in [0.25, 0.3) is 0 Å². The Morgan fingerprint density at radius 2 is 1.12 bits per heavy atom. The van der Waals surface area contributed by atoms with Gasteiger partial charge in [-0.2, -0.15) is 0 Å². The second-order valence-electron chi connectivity index (χ2n) is 0.513. The van der Waals surface area contributed by atoms with Crippen LogP contribution in [0, 0.1) is 0 Å². The van der Waals surface area contributed by atoms with Crippen LogP contribution in [0.2, 0.25) is 0 Å². The van der Waals surface area contributed by atoms with Gasteiger partial charge in [-0.05, 0) is 0 Å². The standard InChI is InChI=1S/Ca.H3O4P.2H2O.2H/c;1-5(2,3)4;;;;/h;(H3,1,2,3,4);2*1H2;;/q+2;;;;2*-1. The van der Waals surface area contributed by atoms with Crippen molar-refractivity contribution in [3.05, 3.63) is 0 Å². The van der Waals surface area contributed by atoms with E-state index in [9.17, 15) is 0 Å². The first-order valence-electron chi connectivity index (χ1n) is 0.783. The molecule has 0 bridgehead atoms. The summed E-state index contributed by atoms with van der Waals surface area (Å²) in [5.41, 5.74) is 0. The van der Waals surface area contributed by atoms with E-state index in [2.05, 4.69) is 0 Å². The SMILES string of the molecule is O.O.O=P(O)(O)O.[Ca+2].[H-].[H-]. The van der Waals surface area contributed by atoms with Crippen molar-refractivity contribution in [3.63, 3.8) is 0 Å². The summed E-state index contributed by atoms with van der Waals surface area (Å²) in [7, 11) is -4.64. The summed E-state index contributed by atoms with van der Waals surface area (Å²) in [6.07, 6.45) is 0. The van der Waals surface area contributed by atoms with Gasteiger partial charge in [0.2, 0.25) is 0 Å². The normalized spacial score (nSPS) is 7.38. The third-order valence-electron chi connectivity index (χ3n) is 0. The van der Waals surface area contributed by atoms with Gasteiger partial charge < -0.3 is 28.5 Å². The summed E-state index contributed by atoms with van der Waals surface area (Å²) in [6.45, 7) is 0. The summed E-state index contributed by atoms with van der Waals surface area (Å²) in [6, 6.07) is 0. The molecule has 0 saturated carbocycles. The average Bonchev–Trinajstić information content (AvgIpc) is 0.722. The summed E-state index contributed by atoms with van der Waals surface area (Å²) in [4.78, 5) is 21.6. The van der Waals surface area contributed by atoms with Crippen molar-refractivity contribution in [3.8, 4) is 0 Å². The molecule has 0 aliphatic carbocycles. The van der Waals surface area contributed by atoms with Crippen LogP contribution in [0.5, 0.6) is 0 Å². The molecule has 7 N–H and O–H groups in total.